The van der Waals surface area contributed by atoms with Crippen LogP contribution in [0.15, 0.2) is 105 Å². The van der Waals surface area contributed by atoms with Crippen LogP contribution in [0.3, 0.4) is 0 Å². The quantitative estimate of drug-likeness (QED) is 0.355. The summed E-state index contributed by atoms with van der Waals surface area (Å²) in [6.07, 6.45) is 1.72. The first-order valence-electron chi connectivity index (χ1n) is 11.8. The SMILES string of the molecule is COc1cccc(Cn2c(=O)n(-c3ccc(CC(=O)NCc4ccco4)cc3)c(=O)c3ccccc32)c1. The number of amides is 1. The number of nitrogens with one attached hydrogen (secondary N) is 1. The van der Waals surface area contributed by atoms with E-state index in [0.717, 1.165) is 11.1 Å². The van der Waals surface area contributed by atoms with E-state index in [1.807, 2.05) is 24.3 Å². The van der Waals surface area contributed by atoms with Gasteiger partial charge >= 0.3 is 5.69 Å². The Bertz CT molecular complexity index is 1670. The number of benzene rings is 3. The highest BCUT2D eigenvalue weighted by molar-refractivity contribution is 5.79. The van der Waals surface area contributed by atoms with Gasteiger partial charge in [0.2, 0.25) is 5.91 Å². The molecule has 0 fully saturated rings. The van der Waals surface area contributed by atoms with E-state index in [4.69, 9.17) is 9.15 Å². The summed E-state index contributed by atoms with van der Waals surface area (Å²) in [5, 5.41) is 3.24. The van der Waals surface area contributed by atoms with Gasteiger partial charge in [0.25, 0.3) is 5.56 Å². The van der Waals surface area contributed by atoms with Gasteiger partial charge in [0.05, 0.1) is 49.5 Å². The topological polar surface area (TPSA) is 95.5 Å². The first-order valence-corrected chi connectivity index (χ1v) is 11.8. The van der Waals surface area contributed by atoms with E-state index in [2.05, 4.69) is 5.32 Å². The molecule has 186 valence electrons. The Balaban J connectivity index is 1.46. The van der Waals surface area contributed by atoms with E-state index in [-0.39, 0.29) is 18.9 Å². The van der Waals surface area contributed by atoms with Crippen LogP contribution >= 0.6 is 0 Å². The number of furan rings is 1. The third-order valence-electron chi connectivity index (χ3n) is 6.12. The fourth-order valence-corrected chi connectivity index (χ4v) is 4.26. The number of fused-ring (bicyclic) bond motifs is 1. The molecule has 0 unspecified atom stereocenters. The highest BCUT2D eigenvalue weighted by Crippen LogP contribution is 2.16. The number of rotatable bonds is 8. The zero-order valence-corrected chi connectivity index (χ0v) is 20.2. The minimum absolute atomic E-state index is 0.160. The molecular formula is C29H25N3O5. The molecule has 1 N–H and O–H groups in total. The Morgan fingerprint density at radius 2 is 1.73 bits per heavy atom. The summed E-state index contributed by atoms with van der Waals surface area (Å²) in [4.78, 5) is 39.3. The average molecular weight is 496 g/mol. The maximum absolute atomic E-state index is 13.6. The molecule has 8 nitrogen and oxygen atoms in total. The largest absolute Gasteiger partial charge is 0.497 e. The summed E-state index contributed by atoms with van der Waals surface area (Å²) in [5.74, 6) is 1.20. The van der Waals surface area contributed by atoms with Crippen molar-refractivity contribution >= 4 is 16.8 Å². The Morgan fingerprint density at radius 3 is 2.49 bits per heavy atom. The molecule has 1 amide bonds. The van der Waals surface area contributed by atoms with Crippen molar-refractivity contribution in [2.45, 2.75) is 19.5 Å². The molecule has 0 atom stereocenters. The highest BCUT2D eigenvalue weighted by atomic mass is 16.5. The van der Waals surface area contributed by atoms with Gasteiger partial charge in [-0.15, -0.1) is 0 Å². The van der Waals surface area contributed by atoms with Crippen molar-refractivity contribution in [3.63, 3.8) is 0 Å². The first-order chi connectivity index (χ1) is 18.0. The van der Waals surface area contributed by atoms with Crippen LogP contribution in [0.2, 0.25) is 0 Å². The molecule has 0 spiro atoms. The lowest BCUT2D eigenvalue weighted by molar-refractivity contribution is -0.120. The lowest BCUT2D eigenvalue weighted by atomic mass is 10.1. The molecule has 37 heavy (non-hydrogen) atoms. The van der Waals surface area contributed by atoms with E-state index in [1.54, 1.807) is 78.6 Å². The van der Waals surface area contributed by atoms with Crippen LogP contribution in [0, 0.1) is 0 Å². The number of hydrogen-bond donors (Lipinski definition) is 1. The summed E-state index contributed by atoms with van der Waals surface area (Å²) in [6, 6.07) is 24.9. The predicted molar refractivity (Wildman–Crippen MR) is 140 cm³/mol. The van der Waals surface area contributed by atoms with Gasteiger partial charge in [0.15, 0.2) is 0 Å². The zero-order valence-electron chi connectivity index (χ0n) is 20.2. The minimum atomic E-state index is -0.449. The van der Waals surface area contributed by atoms with Crippen LogP contribution in [0.1, 0.15) is 16.9 Å². The lowest BCUT2D eigenvalue weighted by Gasteiger charge is -2.15. The Hall–Kier alpha value is -4.85. The lowest BCUT2D eigenvalue weighted by Crippen LogP contribution is -2.39. The van der Waals surface area contributed by atoms with Crippen molar-refractivity contribution in [2.24, 2.45) is 0 Å². The molecule has 3 aromatic carbocycles. The molecule has 0 radical (unpaired) electrons. The van der Waals surface area contributed by atoms with Crippen LogP contribution in [0.4, 0.5) is 0 Å². The van der Waals surface area contributed by atoms with Gasteiger partial charge in [0, 0.05) is 0 Å². The molecule has 0 saturated carbocycles. The van der Waals surface area contributed by atoms with E-state index < -0.39 is 11.2 Å². The summed E-state index contributed by atoms with van der Waals surface area (Å²) >= 11 is 0. The van der Waals surface area contributed by atoms with Crippen LogP contribution in [-0.2, 0) is 24.3 Å². The van der Waals surface area contributed by atoms with Crippen LogP contribution in [0.25, 0.3) is 16.6 Å². The number of ether oxygens (including phenoxy) is 1. The van der Waals surface area contributed by atoms with Gasteiger partial charge in [-0.3, -0.25) is 14.2 Å². The van der Waals surface area contributed by atoms with Crippen molar-refractivity contribution < 1.29 is 13.9 Å². The first kappa shape index (κ1) is 23.9. The molecule has 0 aliphatic heterocycles. The standard InChI is InChI=1S/C29H25N3O5/c1-36-23-7-4-6-21(16-23)19-31-26-10-3-2-9-25(26)28(34)32(29(31)35)22-13-11-20(12-14-22)17-27(33)30-18-24-8-5-15-37-24/h2-16H,17-19H2,1H3,(H,30,33). The number of carbonyl (C=O) groups excluding carboxylic acids is 1. The number of para-hydroxylation sites is 1. The van der Waals surface area contributed by atoms with Crippen molar-refractivity contribution in [1.82, 2.24) is 14.5 Å². The van der Waals surface area contributed by atoms with Gasteiger partial charge in [-0.25, -0.2) is 9.36 Å². The second-order valence-electron chi connectivity index (χ2n) is 8.58. The van der Waals surface area contributed by atoms with Gasteiger partial charge in [-0.05, 0) is 59.7 Å². The van der Waals surface area contributed by atoms with Crippen molar-refractivity contribution in [3.05, 3.63) is 129 Å². The van der Waals surface area contributed by atoms with Gasteiger partial charge in [-0.1, -0.05) is 36.4 Å². The van der Waals surface area contributed by atoms with Crippen molar-refractivity contribution in [3.8, 4) is 11.4 Å². The third-order valence-corrected chi connectivity index (χ3v) is 6.12. The molecule has 2 aromatic heterocycles. The average Bonchev–Trinajstić information content (AvgIpc) is 3.45. The van der Waals surface area contributed by atoms with Crippen LogP contribution < -0.4 is 21.3 Å². The number of carbonyl (C=O) groups is 1. The van der Waals surface area contributed by atoms with E-state index in [1.165, 1.54) is 4.57 Å². The second-order valence-corrected chi connectivity index (χ2v) is 8.58. The summed E-state index contributed by atoms with van der Waals surface area (Å²) in [7, 11) is 1.59. The van der Waals surface area contributed by atoms with Crippen molar-refractivity contribution in [2.75, 3.05) is 7.11 Å². The van der Waals surface area contributed by atoms with Gasteiger partial charge in [0.1, 0.15) is 11.5 Å². The summed E-state index contributed by atoms with van der Waals surface area (Å²) in [6.45, 7) is 0.577. The third kappa shape index (κ3) is 5.08. The van der Waals surface area contributed by atoms with E-state index in [9.17, 15) is 14.4 Å². The number of hydrogen-bond acceptors (Lipinski definition) is 5. The maximum Gasteiger partial charge on any atom is 0.336 e. The van der Waals surface area contributed by atoms with E-state index in [0.29, 0.717) is 34.6 Å². The second kappa shape index (κ2) is 10.4. The van der Waals surface area contributed by atoms with Crippen molar-refractivity contribution in [1.29, 1.82) is 0 Å². The fraction of sp³-hybridized carbons (Fsp3) is 0.138. The highest BCUT2D eigenvalue weighted by Gasteiger charge is 2.15. The van der Waals surface area contributed by atoms with Gasteiger partial charge in [-0.2, -0.15) is 0 Å². The Labute approximate surface area is 212 Å². The molecular weight excluding hydrogens is 470 g/mol. The predicted octanol–water partition coefficient (Wildman–Crippen LogP) is 3.66. The molecule has 0 aliphatic carbocycles. The normalized spacial score (nSPS) is 10.9. The van der Waals surface area contributed by atoms with Gasteiger partial charge < -0.3 is 14.5 Å². The number of aromatic nitrogens is 2. The Morgan fingerprint density at radius 1 is 0.919 bits per heavy atom. The Kier molecular flexibility index (Phi) is 6.72. The summed E-state index contributed by atoms with van der Waals surface area (Å²) < 4.78 is 13.3. The minimum Gasteiger partial charge on any atom is -0.497 e. The molecule has 8 heteroatoms. The smallest absolute Gasteiger partial charge is 0.336 e. The fourth-order valence-electron chi connectivity index (χ4n) is 4.26. The molecule has 0 bridgehead atoms. The number of nitrogens with zero attached hydrogens (tertiary/aromatic N) is 2. The number of methoxy groups -OCH3 is 1. The van der Waals surface area contributed by atoms with Crippen LogP contribution in [0.5, 0.6) is 5.75 Å². The molecule has 5 rings (SSSR count). The molecule has 0 saturated heterocycles. The molecule has 5 aromatic rings. The molecule has 0 aliphatic rings. The summed E-state index contributed by atoms with van der Waals surface area (Å²) in [5.41, 5.74) is 1.77. The zero-order chi connectivity index (χ0) is 25.8. The van der Waals surface area contributed by atoms with E-state index >= 15 is 0 Å². The monoisotopic (exact) mass is 495 g/mol. The molecule has 2 heterocycles. The van der Waals surface area contributed by atoms with Crippen LogP contribution in [-0.4, -0.2) is 22.2 Å². The maximum atomic E-state index is 13.6.